The van der Waals surface area contributed by atoms with Gasteiger partial charge in [0.2, 0.25) is 0 Å². The summed E-state index contributed by atoms with van der Waals surface area (Å²) in [5.74, 6) is 1.22. The Hall–Kier alpha value is -2.48. The van der Waals surface area contributed by atoms with Gasteiger partial charge in [-0.05, 0) is 28.6 Å². The summed E-state index contributed by atoms with van der Waals surface area (Å²) in [6, 6.07) is 7.13. The van der Waals surface area contributed by atoms with Crippen LogP contribution in [-0.2, 0) is 18.4 Å². The number of aryl methyl sites for hydroxylation is 1. The third kappa shape index (κ3) is 3.22. The SMILES string of the molecule is Cn1nnnc1COc1cccc(C(=O)N2CCOCC2)c1. The van der Waals surface area contributed by atoms with Gasteiger partial charge in [0.1, 0.15) is 12.4 Å². The van der Waals surface area contributed by atoms with Crippen LogP contribution in [0.25, 0.3) is 0 Å². The average molecular weight is 303 g/mol. The quantitative estimate of drug-likeness (QED) is 0.806. The van der Waals surface area contributed by atoms with Crippen LogP contribution in [0.1, 0.15) is 16.2 Å². The molecule has 1 saturated heterocycles. The Balaban J connectivity index is 1.66. The van der Waals surface area contributed by atoms with Crippen LogP contribution in [0, 0.1) is 0 Å². The van der Waals surface area contributed by atoms with Gasteiger partial charge in [-0.2, -0.15) is 0 Å². The van der Waals surface area contributed by atoms with Crippen molar-refractivity contribution >= 4 is 5.91 Å². The molecule has 0 N–H and O–H groups in total. The Labute approximate surface area is 127 Å². The Morgan fingerprint density at radius 3 is 2.91 bits per heavy atom. The van der Waals surface area contributed by atoms with Crippen LogP contribution in [0.4, 0.5) is 0 Å². The summed E-state index contributed by atoms with van der Waals surface area (Å²) < 4.78 is 12.5. The number of carbonyl (C=O) groups excluding carboxylic acids is 1. The standard InChI is InChI=1S/C14H17N5O3/c1-18-13(15-16-17-18)10-22-12-4-2-3-11(9-12)14(20)19-5-7-21-8-6-19/h2-4,9H,5-8,10H2,1H3. The van der Waals surface area contributed by atoms with Crippen LogP contribution < -0.4 is 4.74 Å². The molecule has 1 aromatic heterocycles. The molecule has 8 heteroatoms. The maximum absolute atomic E-state index is 12.4. The number of ether oxygens (including phenoxy) is 2. The van der Waals surface area contributed by atoms with Crippen LogP contribution in [0.3, 0.4) is 0 Å². The lowest BCUT2D eigenvalue weighted by atomic mass is 10.2. The Morgan fingerprint density at radius 1 is 1.36 bits per heavy atom. The van der Waals surface area contributed by atoms with Gasteiger partial charge in [-0.3, -0.25) is 4.79 Å². The second-order valence-corrected chi connectivity index (χ2v) is 4.94. The van der Waals surface area contributed by atoms with E-state index in [0.717, 1.165) is 0 Å². The van der Waals surface area contributed by atoms with E-state index in [1.54, 1.807) is 40.9 Å². The van der Waals surface area contributed by atoms with Crippen molar-refractivity contribution < 1.29 is 14.3 Å². The molecule has 3 rings (SSSR count). The van der Waals surface area contributed by atoms with Gasteiger partial charge in [-0.25, -0.2) is 4.68 Å². The fraction of sp³-hybridized carbons (Fsp3) is 0.429. The number of aromatic nitrogens is 4. The number of rotatable bonds is 4. The smallest absolute Gasteiger partial charge is 0.254 e. The molecule has 22 heavy (non-hydrogen) atoms. The minimum atomic E-state index is -0.00549. The predicted molar refractivity (Wildman–Crippen MR) is 76.3 cm³/mol. The highest BCUT2D eigenvalue weighted by Gasteiger charge is 2.18. The summed E-state index contributed by atoms with van der Waals surface area (Å²) in [6.45, 7) is 2.66. The van der Waals surface area contributed by atoms with Crippen molar-refractivity contribution in [1.82, 2.24) is 25.1 Å². The van der Waals surface area contributed by atoms with Crippen LogP contribution in [0.2, 0.25) is 0 Å². The number of amides is 1. The molecule has 1 amide bonds. The van der Waals surface area contributed by atoms with Crippen molar-refractivity contribution in [3.63, 3.8) is 0 Å². The van der Waals surface area contributed by atoms with Gasteiger partial charge in [-0.1, -0.05) is 6.07 Å². The molecule has 1 aliphatic rings. The maximum atomic E-state index is 12.4. The molecule has 0 atom stereocenters. The molecule has 0 saturated carbocycles. The zero-order valence-electron chi connectivity index (χ0n) is 12.3. The second kappa shape index (κ2) is 6.52. The lowest BCUT2D eigenvalue weighted by Crippen LogP contribution is -2.40. The molecule has 1 aromatic carbocycles. The summed E-state index contributed by atoms with van der Waals surface area (Å²) in [4.78, 5) is 14.2. The van der Waals surface area contributed by atoms with Gasteiger partial charge in [-0.15, -0.1) is 5.10 Å². The van der Waals surface area contributed by atoms with Gasteiger partial charge in [0.05, 0.1) is 13.2 Å². The van der Waals surface area contributed by atoms with Crippen LogP contribution >= 0.6 is 0 Å². The van der Waals surface area contributed by atoms with Gasteiger partial charge in [0.25, 0.3) is 5.91 Å². The van der Waals surface area contributed by atoms with Crippen molar-refractivity contribution in [1.29, 1.82) is 0 Å². The van der Waals surface area contributed by atoms with E-state index in [1.807, 2.05) is 0 Å². The lowest BCUT2D eigenvalue weighted by Gasteiger charge is -2.26. The normalized spacial score (nSPS) is 14.9. The lowest BCUT2D eigenvalue weighted by molar-refractivity contribution is 0.0302. The van der Waals surface area contributed by atoms with Crippen LogP contribution in [0.15, 0.2) is 24.3 Å². The molecular formula is C14H17N5O3. The molecule has 8 nitrogen and oxygen atoms in total. The molecule has 1 fully saturated rings. The number of hydrogen-bond donors (Lipinski definition) is 0. The number of morpholine rings is 1. The molecule has 0 aliphatic carbocycles. The summed E-state index contributed by atoms with van der Waals surface area (Å²) in [5.41, 5.74) is 0.607. The topological polar surface area (TPSA) is 82.4 Å². The number of benzene rings is 1. The summed E-state index contributed by atoms with van der Waals surface area (Å²) in [7, 11) is 1.75. The van der Waals surface area contributed by atoms with E-state index in [0.29, 0.717) is 43.4 Å². The molecule has 2 aromatic rings. The highest BCUT2D eigenvalue weighted by atomic mass is 16.5. The maximum Gasteiger partial charge on any atom is 0.254 e. The molecular weight excluding hydrogens is 286 g/mol. The number of carbonyl (C=O) groups is 1. The third-order valence-electron chi connectivity index (χ3n) is 3.46. The van der Waals surface area contributed by atoms with E-state index in [1.165, 1.54) is 0 Å². The zero-order valence-corrected chi connectivity index (χ0v) is 12.3. The molecule has 0 unspecified atom stereocenters. The monoisotopic (exact) mass is 303 g/mol. The van der Waals surface area contributed by atoms with Gasteiger partial charge in [0, 0.05) is 25.7 Å². The molecule has 0 spiro atoms. The highest BCUT2D eigenvalue weighted by molar-refractivity contribution is 5.94. The molecule has 0 bridgehead atoms. The average Bonchev–Trinajstić information content (AvgIpc) is 2.98. The summed E-state index contributed by atoms with van der Waals surface area (Å²) in [6.07, 6.45) is 0. The summed E-state index contributed by atoms with van der Waals surface area (Å²) in [5, 5.41) is 11.1. The highest BCUT2D eigenvalue weighted by Crippen LogP contribution is 2.16. The number of tetrazole rings is 1. The zero-order chi connectivity index (χ0) is 15.4. The van der Waals surface area contributed by atoms with Crippen molar-refractivity contribution in [3.05, 3.63) is 35.7 Å². The van der Waals surface area contributed by atoms with E-state index >= 15 is 0 Å². The predicted octanol–water partition coefficient (Wildman–Crippen LogP) is 0.261. The largest absolute Gasteiger partial charge is 0.486 e. The molecule has 2 heterocycles. The first kappa shape index (κ1) is 14.5. The van der Waals surface area contributed by atoms with Crippen molar-refractivity contribution in [2.45, 2.75) is 6.61 Å². The Morgan fingerprint density at radius 2 is 2.18 bits per heavy atom. The fourth-order valence-corrected chi connectivity index (χ4v) is 2.19. The third-order valence-corrected chi connectivity index (χ3v) is 3.46. The number of hydrogen-bond acceptors (Lipinski definition) is 6. The fourth-order valence-electron chi connectivity index (χ4n) is 2.19. The first-order valence-electron chi connectivity index (χ1n) is 7.05. The van der Waals surface area contributed by atoms with Crippen LogP contribution in [-0.4, -0.2) is 57.3 Å². The molecule has 116 valence electrons. The minimum Gasteiger partial charge on any atom is -0.486 e. The van der Waals surface area contributed by atoms with E-state index in [2.05, 4.69) is 15.5 Å². The minimum absolute atomic E-state index is 0.00549. The second-order valence-electron chi connectivity index (χ2n) is 4.94. The van der Waals surface area contributed by atoms with Gasteiger partial charge >= 0.3 is 0 Å². The van der Waals surface area contributed by atoms with Gasteiger partial charge in [0.15, 0.2) is 5.82 Å². The first-order valence-corrected chi connectivity index (χ1v) is 7.05. The van der Waals surface area contributed by atoms with Crippen molar-refractivity contribution in [2.75, 3.05) is 26.3 Å². The molecule has 1 aliphatic heterocycles. The molecule has 0 radical (unpaired) electrons. The van der Waals surface area contributed by atoms with Crippen molar-refractivity contribution in [2.24, 2.45) is 7.05 Å². The van der Waals surface area contributed by atoms with E-state index in [4.69, 9.17) is 9.47 Å². The summed E-state index contributed by atoms with van der Waals surface area (Å²) >= 11 is 0. The van der Waals surface area contributed by atoms with Gasteiger partial charge < -0.3 is 14.4 Å². The Bertz CT molecular complexity index is 651. The first-order chi connectivity index (χ1) is 10.7. The van der Waals surface area contributed by atoms with E-state index < -0.39 is 0 Å². The van der Waals surface area contributed by atoms with E-state index in [-0.39, 0.29) is 12.5 Å². The number of nitrogens with zero attached hydrogens (tertiary/aromatic N) is 5. The van der Waals surface area contributed by atoms with Crippen LogP contribution in [0.5, 0.6) is 5.75 Å². The Kier molecular flexibility index (Phi) is 4.29. The van der Waals surface area contributed by atoms with E-state index in [9.17, 15) is 4.79 Å². The van der Waals surface area contributed by atoms with Crippen molar-refractivity contribution in [3.8, 4) is 5.75 Å².